The monoisotopic (exact) mass is 525 g/mol. The van der Waals surface area contributed by atoms with Gasteiger partial charge in [0.05, 0.1) is 22.3 Å². The quantitative estimate of drug-likeness (QED) is 0.227. The van der Waals surface area contributed by atoms with E-state index in [1.54, 1.807) is 45.0 Å². The first kappa shape index (κ1) is 26.3. The molecule has 1 aromatic heterocycles. The molecule has 12 heteroatoms. The lowest BCUT2D eigenvalue weighted by Gasteiger charge is -2.10. The van der Waals surface area contributed by atoms with Gasteiger partial charge in [0.2, 0.25) is 0 Å². The summed E-state index contributed by atoms with van der Waals surface area (Å²) in [6.45, 7) is 5.11. The molecule has 196 valence electrons. The Balaban J connectivity index is 1.64. The van der Waals surface area contributed by atoms with Crippen LogP contribution in [0.2, 0.25) is 0 Å². The third-order valence-electron chi connectivity index (χ3n) is 5.41. The number of nitro groups is 1. The fraction of sp³-hybridized carbons (Fsp3) is 0.192. The van der Waals surface area contributed by atoms with Crippen LogP contribution in [-0.4, -0.2) is 31.7 Å². The number of halogens is 3. The molecule has 1 N–H and O–H groups in total. The molecule has 0 spiro atoms. The lowest BCUT2D eigenvalue weighted by Crippen LogP contribution is -2.12. The lowest BCUT2D eigenvalue weighted by atomic mass is 10.1. The van der Waals surface area contributed by atoms with Gasteiger partial charge in [0, 0.05) is 28.4 Å². The van der Waals surface area contributed by atoms with Crippen molar-refractivity contribution in [3.63, 3.8) is 0 Å². The summed E-state index contributed by atoms with van der Waals surface area (Å²) >= 11 is 0. The lowest BCUT2D eigenvalue weighted by molar-refractivity contribution is -0.385. The summed E-state index contributed by atoms with van der Waals surface area (Å²) < 4.78 is 46.8. The van der Waals surface area contributed by atoms with Gasteiger partial charge in [-0.25, -0.2) is 4.68 Å². The fourth-order valence-electron chi connectivity index (χ4n) is 3.59. The van der Waals surface area contributed by atoms with E-state index in [0.29, 0.717) is 16.9 Å². The largest absolute Gasteiger partial charge is 0.460 e. The number of rotatable bonds is 7. The maximum absolute atomic E-state index is 13.3. The summed E-state index contributed by atoms with van der Waals surface area (Å²) in [4.78, 5) is 27.6. The van der Waals surface area contributed by atoms with E-state index in [0.717, 1.165) is 12.1 Å². The molecule has 0 aliphatic rings. The zero-order chi connectivity index (χ0) is 27.6. The number of alkyl halides is 3. The van der Waals surface area contributed by atoms with Gasteiger partial charge < -0.3 is 10.1 Å². The molecule has 0 unspecified atom stereocenters. The van der Waals surface area contributed by atoms with Crippen molar-refractivity contribution in [2.45, 2.75) is 33.1 Å². The second-order valence-electron chi connectivity index (χ2n) is 8.63. The highest BCUT2D eigenvalue weighted by Crippen LogP contribution is 2.33. The van der Waals surface area contributed by atoms with Crippen LogP contribution in [0.5, 0.6) is 6.01 Å². The first-order chi connectivity index (χ1) is 17.9. The molecule has 3 aromatic carbocycles. The van der Waals surface area contributed by atoms with Gasteiger partial charge in [-0.3, -0.25) is 14.9 Å². The number of amides is 1. The Morgan fingerprint density at radius 1 is 1.08 bits per heavy atom. The Bertz CT molecular complexity index is 1500. The average Bonchev–Trinajstić information content (AvgIpc) is 3.27. The van der Waals surface area contributed by atoms with Crippen molar-refractivity contribution >= 4 is 17.3 Å². The molecule has 0 aliphatic heterocycles. The van der Waals surface area contributed by atoms with Gasteiger partial charge in [-0.2, -0.15) is 18.2 Å². The summed E-state index contributed by atoms with van der Waals surface area (Å²) in [5, 5.41) is 18.2. The van der Waals surface area contributed by atoms with Crippen molar-refractivity contribution in [1.82, 2.24) is 14.8 Å². The molecule has 0 fully saturated rings. The first-order valence-electron chi connectivity index (χ1n) is 11.4. The fourth-order valence-corrected chi connectivity index (χ4v) is 3.59. The van der Waals surface area contributed by atoms with Crippen LogP contribution in [0, 0.1) is 17.0 Å². The summed E-state index contributed by atoms with van der Waals surface area (Å²) in [6.07, 6.45) is -4.80. The Morgan fingerprint density at radius 2 is 1.79 bits per heavy atom. The molecule has 0 saturated heterocycles. The standard InChI is InChI=1S/C26H22F3N5O4/c1-15(2)38-25-31-23(17-5-4-6-19(13-17)26(27,28)29)33(32-25)21-11-9-20(10-12-21)30-24(35)18-8-7-16(3)22(14-18)34(36)37/h4-15H,1-3H3,(H,30,35). The first-order valence-corrected chi connectivity index (χ1v) is 11.4. The number of aryl methyl sites for hydroxylation is 1. The Morgan fingerprint density at radius 3 is 2.42 bits per heavy atom. The molecular formula is C26H22F3N5O4. The SMILES string of the molecule is Cc1ccc(C(=O)Nc2ccc(-n3nc(OC(C)C)nc3-c3cccc(C(F)(F)F)c3)cc2)cc1[N+](=O)[O-]. The topological polar surface area (TPSA) is 112 Å². The van der Waals surface area contributed by atoms with Crippen molar-refractivity contribution < 1.29 is 27.6 Å². The molecule has 1 heterocycles. The van der Waals surface area contributed by atoms with Crippen LogP contribution in [0.4, 0.5) is 24.5 Å². The minimum atomic E-state index is -4.53. The summed E-state index contributed by atoms with van der Waals surface area (Å²) in [6, 6.07) is 15.2. The highest BCUT2D eigenvalue weighted by Gasteiger charge is 2.31. The second-order valence-corrected chi connectivity index (χ2v) is 8.63. The molecule has 0 aliphatic carbocycles. The second kappa shape index (κ2) is 10.3. The van der Waals surface area contributed by atoms with Crippen LogP contribution >= 0.6 is 0 Å². The molecule has 4 aromatic rings. The number of aromatic nitrogens is 3. The van der Waals surface area contributed by atoms with Crippen molar-refractivity contribution in [2.24, 2.45) is 0 Å². The van der Waals surface area contributed by atoms with E-state index in [9.17, 15) is 28.1 Å². The highest BCUT2D eigenvalue weighted by atomic mass is 19.4. The smallest absolute Gasteiger partial charge is 0.416 e. The number of carbonyl (C=O) groups excluding carboxylic acids is 1. The molecule has 0 bridgehead atoms. The number of hydrogen-bond donors (Lipinski definition) is 1. The number of nitro benzene ring substituents is 1. The normalized spacial score (nSPS) is 11.4. The number of nitrogens with one attached hydrogen (secondary N) is 1. The van der Waals surface area contributed by atoms with Gasteiger partial charge in [-0.05, 0) is 63.2 Å². The van der Waals surface area contributed by atoms with Gasteiger partial charge in [0.1, 0.15) is 0 Å². The molecule has 0 radical (unpaired) electrons. The molecule has 38 heavy (non-hydrogen) atoms. The summed E-state index contributed by atoms with van der Waals surface area (Å²) in [5.41, 5.74) is 0.579. The van der Waals surface area contributed by atoms with Crippen LogP contribution in [0.3, 0.4) is 0 Å². The van der Waals surface area contributed by atoms with Gasteiger partial charge >= 0.3 is 12.2 Å². The predicted octanol–water partition coefficient (Wildman–Crippen LogP) is 6.21. The summed E-state index contributed by atoms with van der Waals surface area (Å²) in [5.74, 6) is -0.408. The maximum atomic E-state index is 13.3. The molecular weight excluding hydrogens is 503 g/mol. The van der Waals surface area contributed by atoms with Gasteiger partial charge in [-0.1, -0.05) is 18.2 Å². The number of carbonyl (C=O) groups is 1. The van der Waals surface area contributed by atoms with E-state index in [1.165, 1.54) is 35.0 Å². The van der Waals surface area contributed by atoms with Crippen LogP contribution in [0.15, 0.2) is 66.7 Å². The number of anilines is 1. The zero-order valence-corrected chi connectivity index (χ0v) is 20.5. The maximum Gasteiger partial charge on any atom is 0.416 e. The van der Waals surface area contributed by atoms with Gasteiger partial charge in [0.15, 0.2) is 5.82 Å². The van der Waals surface area contributed by atoms with Crippen molar-refractivity contribution in [2.75, 3.05) is 5.32 Å². The zero-order valence-electron chi connectivity index (χ0n) is 20.5. The Hall–Kier alpha value is -4.74. The van der Waals surface area contributed by atoms with E-state index in [4.69, 9.17) is 4.74 Å². The molecule has 9 nitrogen and oxygen atoms in total. The van der Waals surface area contributed by atoms with Gasteiger partial charge in [0.25, 0.3) is 11.6 Å². The van der Waals surface area contributed by atoms with Crippen LogP contribution in [-0.2, 0) is 6.18 Å². The molecule has 0 atom stereocenters. The third kappa shape index (κ3) is 5.80. The van der Waals surface area contributed by atoms with E-state index < -0.39 is 22.6 Å². The molecule has 0 saturated carbocycles. The minimum Gasteiger partial charge on any atom is -0.460 e. The minimum absolute atomic E-state index is 0.00856. The molecule has 1 amide bonds. The average molecular weight is 525 g/mol. The van der Waals surface area contributed by atoms with E-state index in [1.807, 2.05) is 0 Å². The number of benzene rings is 3. The van der Waals surface area contributed by atoms with Crippen molar-refractivity contribution in [3.05, 3.63) is 93.5 Å². The third-order valence-corrected chi connectivity index (χ3v) is 5.41. The van der Waals surface area contributed by atoms with E-state index >= 15 is 0 Å². The van der Waals surface area contributed by atoms with Crippen LogP contribution < -0.4 is 10.1 Å². The van der Waals surface area contributed by atoms with E-state index in [2.05, 4.69) is 15.4 Å². The molecule has 4 rings (SSSR count). The number of nitrogens with zero attached hydrogens (tertiary/aromatic N) is 4. The predicted molar refractivity (Wildman–Crippen MR) is 133 cm³/mol. The van der Waals surface area contributed by atoms with Crippen molar-refractivity contribution in [3.8, 4) is 23.1 Å². The highest BCUT2D eigenvalue weighted by molar-refractivity contribution is 6.04. The van der Waals surface area contributed by atoms with Crippen LogP contribution in [0.1, 0.15) is 35.3 Å². The van der Waals surface area contributed by atoms with Crippen molar-refractivity contribution in [1.29, 1.82) is 0 Å². The Labute approximate surface area is 215 Å². The van der Waals surface area contributed by atoms with Gasteiger partial charge in [-0.15, -0.1) is 5.10 Å². The number of ether oxygens (including phenoxy) is 1. The summed E-state index contributed by atoms with van der Waals surface area (Å²) in [7, 11) is 0. The number of hydrogen-bond acceptors (Lipinski definition) is 6. The van der Waals surface area contributed by atoms with Crippen LogP contribution in [0.25, 0.3) is 17.1 Å². The Kier molecular flexibility index (Phi) is 7.15. The van der Waals surface area contributed by atoms with E-state index in [-0.39, 0.29) is 34.8 Å².